The molecule has 0 amide bonds. The fraction of sp³-hybridized carbons (Fsp3) is 0.364. The second kappa shape index (κ2) is 4.12. The second-order valence-electron chi connectivity index (χ2n) is 3.92. The van der Waals surface area contributed by atoms with Crippen LogP contribution < -0.4 is 0 Å². The highest BCUT2D eigenvalue weighted by Crippen LogP contribution is 2.45. The van der Waals surface area contributed by atoms with Gasteiger partial charge in [0.25, 0.3) is 0 Å². The van der Waals surface area contributed by atoms with Gasteiger partial charge in [-0.2, -0.15) is 4.31 Å². The summed E-state index contributed by atoms with van der Waals surface area (Å²) in [6.45, 7) is 0. The molecule has 1 saturated heterocycles. The van der Waals surface area contributed by atoms with Crippen LogP contribution in [-0.4, -0.2) is 38.1 Å². The molecule has 1 heterocycles. The van der Waals surface area contributed by atoms with Gasteiger partial charge in [0.1, 0.15) is 6.04 Å². The molecule has 1 fully saturated rings. The Labute approximate surface area is 100 Å². The molecular formula is C11H13NO4S. The first-order valence-electron chi connectivity index (χ1n) is 5.08. The van der Waals surface area contributed by atoms with Gasteiger partial charge in [-0.1, -0.05) is 30.3 Å². The summed E-state index contributed by atoms with van der Waals surface area (Å²) in [6, 6.07) is 7.89. The molecule has 1 aliphatic heterocycles. The van der Waals surface area contributed by atoms with E-state index >= 15 is 0 Å². The third-order valence-electron chi connectivity index (χ3n) is 2.72. The maximum atomic E-state index is 11.5. The summed E-state index contributed by atoms with van der Waals surface area (Å²) in [5.41, 5.74) is 0.799. The summed E-state index contributed by atoms with van der Waals surface area (Å²) in [5, 5.41) is 0. The van der Waals surface area contributed by atoms with E-state index < -0.39 is 28.1 Å². The van der Waals surface area contributed by atoms with Crippen molar-refractivity contribution in [3.63, 3.8) is 0 Å². The number of benzene rings is 1. The van der Waals surface area contributed by atoms with Gasteiger partial charge < -0.3 is 4.74 Å². The molecule has 1 aromatic carbocycles. The Morgan fingerprint density at radius 1 is 1.29 bits per heavy atom. The number of hydrogen-bond donors (Lipinski definition) is 0. The van der Waals surface area contributed by atoms with Crippen molar-refractivity contribution in [3.8, 4) is 0 Å². The van der Waals surface area contributed by atoms with E-state index in [2.05, 4.69) is 4.74 Å². The summed E-state index contributed by atoms with van der Waals surface area (Å²) in [4.78, 5) is 11.5. The van der Waals surface area contributed by atoms with Gasteiger partial charge in [0, 0.05) is 0 Å². The predicted octanol–water partition coefficient (Wildman–Crippen LogP) is 0.544. The monoisotopic (exact) mass is 255 g/mol. The highest BCUT2D eigenvalue weighted by Gasteiger charge is 2.59. The van der Waals surface area contributed by atoms with Crippen molar-refractivity contribution in [2.45, 2.75) is 12.1 Å². The van der Waals surface area contributed by atoms with Crippen LogP contribution in [0.3, 0.4) is 0 Å². The summed E-state index contributed by atoms with van der Waals surface area (Å²) in [5.74, 6) is -0.524. The number of methoxy groups -OCH3 is 1. The minimum absolute atomic E-state index is 0.432. The van der Waals surface area contributed by atoms with Gasteiger partial charge in [0.2, 0.25) is 10.0 Å². The highest BCUT2D eigenvalue weighted by molar-refractivity contribution is 7.88. The third kappa shape index (κ3) is 2.18. The molecule has 6 heteroatoms. The van der Waals surface area contributed by atoms with E-state index in [1.165, 1.54) is 7.11 Å². The van der Waals surface area contributed by atoms with Crippen LogP contribution in [0, 0.1) is 0 Å². The lowest BCUT2D eigenvalue weighted by Crippen LogP contribution is -2.18. The van der Waals surface area contributed by atoms with Crippen LogP contribution in [0.2, 0.25) is 0 Å². The number of ether oxygens (including phenoxy) is 1. The van der Waals surface area contributed by atoms with Crippen molar-refractivity contribution < 1.29 is 17.9 Å². The fourth-order valence-corrected chi connectivity index (χ4v) is 3.17. The number of esters is 1. The van der Waals surface area contributed by atoms with Crippen molar-refractivity contribution in [2.24, 2.45) is 0 Å². The minimum Gasteiger partial charge on any atom is -0.468 e. The van der Waals surface area contributed by atoms with Crippen molar-refractivity contribution in [3.05, 3.63) is 35.9 Å². The van der Waals surface area contributed by atoms with Crippen molar-refractivity contribution in [1.82, 2.24) is 4.31 Å². The number of hydrogen-bond acceptors (Lipinski definition) is 4. The number of rotatable bonds is 3. The lowest BCUT2D eigenvalue weighted by molar-refractivity contribution is -0.140. The van der Waals surface area contributed by atoms with Crippen molar-refractivity contribution in [2.75, 3.05) is 13.4 Å². The summed E-state index contributed by atoms with van der Waals surface area (Å²) >= 11 is 0. The van der Waals surface area contributed by atoms with Crippen LogP contribution in [0.1, 0.15) is 11.6 Å². The van der Waals surface area contributed by atoms with Crippen LogP contribution in [0.5, 0.6) is 0 Å². The number of nitrogens with zero attached hydrogens (tertiary/aromatic N) is 1. The zero-order chi connectivity index (χ0) is 12.6. The first-order chi connectivity index (χ1) is 7.96. The Kier molecular flexibility index (Phi) is 2.92. The van der Waals surface area contributed by atoms with Crippen LogP contribution in [-0.2, 0) is 19.6 Å². The maximum Gasteiger partial charge on any atom is 0.326 e. The smallest absolute Gasteiger partial charge is 0.326 e. The van der Waals surface area contributed by atoms with Crippen molar-refractivity contribution in [1.29, 1.82) is 0 Å². The number of carbonyl (C=O) groups is 1. The third-order valence-corrected chi connectivity index (χ3v) is 3.94. The average molecular weight is 255 g/mol. The number of carbonyl (C=O) groups excluding carboxylic acids is 1. The Bertz CT molecular complexity index is 526. The largest absolute Gasteiger partial charge is 0.468 e. The topological polar surface area (TPSA) is 63.5 Å². The van der Waals surface area contributed by atoms with Crippen LogP contribution in [0.25, 0.3) is 0 Å². The van der Waals surface area contributed by atoms with E-state index in [9.17, 15) is 13.2 Å². The molecule has 0 N–H and O–H groups in total. The Morgan fingerprint density at radius 3 is 2.35 bits per heavy atom. The molecule has 17 heavy (non-hydrogen) atoms. The quantitative estimate of drug-likeness (QED) is 0.584. The van der Waals surface area contributed by atoms with E-state index in [0.717, 1.165) is 16.1 Å². The SMILES string of the molecule is COC(=O)[C@H]1[C@@H](c2ccccc2)N1S(C)(=O)=O. The van der Waals surface area contributed by atoms with E-state index in [1.54, 1.807) is 12.1 Å². The van der Waals surface area contributed by atoms with Gasteiger partial charge in [0.05, 0.1) is 19.4 Å². The van der Waals surface area contributed by atoms with Gasteiger partial charge in [-0.3, -0.25) is 4.79 Å². The Balaban J connectivity index is 2.32. The van der Waals surface area contributed by atoms with Crippen LogP contribution in [0.15, 0.2) is 30.3 Å². The zero-order valence-corrected chi connectivity index (χ0v) is 10.3. The first kappa shape index (κ1) is 12.1. The van der Waals surface area contributed by atoms with Crippen molar-refractivity contribution >= 4 is 16.0 Å². The Morgan fingerprint density at radius 2 is 1.88 bits per heavy atom. The normalized spacial score (nSPS) is 27.5. The van der Waals surface area contributed by atoms with Gasteiger partial charge in [-0.05, 0) is 5.56 Å². The summed E-state index contributed by atoms with van der Waals surface area (Å²) < 4.78 is 28.8. The molecular weight excluding hydrogens is 242 g/mol. The molecule has 1 aliphatic rings. The van der Waals surface area contributed by atoms with Gasteiger partial charge in [-0.15, -0.1) is 0 Å². The van der Waals surface area contributed by atoms with Gasteiger partial charge in [0.15, 0.2) is 0 Å². The number of sulfonamides is 1. The Hall–Kier alpha value is -1.40. The molecule has 0 bridgehead atoms. The molecule has 3 atom stereocenters. The van der Waals surface area contributed by atoms with E-state index in [4.69, 9.17) is 0 Å². The van der Waals surface area contributed by atoms with Gasteiger partial charge in [-0.25, -0.2) is 8.42 Å². The molecule has 2 rings (SSSR count). The van der Waals surface area contributed by atoms with Crippen LogP contribution >= 0.6 is 0 Å². The molecule has 92 valence electrons. The molecule has 0 spiro atoms. The molecule has 1 unspecified atom stereocenters. The predicted molar refractivity (Wildman–Crippen MR) is 61.7 cm³/mol. The van der Waals surface area contributed by atoms with E-state index in [-0.39, 0.29) is 0 Å². The van der Waals surface area contributed by atoms with E-state index in [0.29, 0.717) is 0 Å². The maximum absolute atomic E-state index is 11.5. The van der Waals surface area contributed by atoms with Crippen LogP contribution in [0.4, 0.5) is 0 Å². The summed E-state index contributed by atoms with van der Waals surface area (Å²) in [6.07, 6.45) is 1.09. The molecule has 0 aromatic heterocycles. The van der Waals surface area contributed by atoms with Gasteiger partial charge >= 0.3 is 5.97 Å². The lowest BCUT2D eigenvalue weighted by Gasteiger charge is -1.99. The van der Waals surface area contributed by atoms with E-state index in [1.807, 2.05) is 18.2 Å². The standard InChI is InChI=1S/C11H13NO4S/c1-16-11(13)10-9(12(10)17(2,14)15)8-6-4-3-5-7-8/h3-7,9-10H,1-2H3/t9-,10-,12?/m1/s1. The molecule has 0 radical (unpaired) electrons. The molecule has 0 aliphatic carbocycles. The molecule has 0 saturated carbocycles. The highest BCUT2D eigenvalue weighted by atomic mass is 32.2. The molecule has 1 aromatic rings. The fourth-order valence-electron chi connectivity index (χ4n) is 1.96. The lowest BCUT2D eigenvalue weighted by atomic mass is 10.1. The second-order valence-corrected chi connectivity index (χ2v) is 5.80. The zero-order valence-electron chi connectivity index (χ0n) is 9.53. The molecule has 5 nitrogen and oxygen atoms in total. The first-order valence-corrected chi connectivity index (χ1v) is 6.93. The average Bonchev–Trinajstić information content (AvgIpc) is 3.04. The summed E-state index contributed by atoms with van der Waals surface area (Å²) in [7, 11) is -2.15. The minimum atomic E-state index is -3.40.